The van der Waals surface area contributed by atoms with Crippen LogP contribution in [-0.4, -0.2) is 45.9 Å². The topological polar surface area (TPSA) is 71.0 Å². The van der Waals surface area contributed by atoms with E-state index in [0.717, 1.165) is 16.8 Å². The molecule has 6 nitrogen and oxygen atoms in total. The van der Waals surface area contributed by atoms with Crippen LogP contribution in [0.15, 0.2) is 42.5 Å². The van der Waals surface area contributed by atoms with Gasteiger partial charge in [0.05, 0.1) is 26.7 Å². The standard InChI is InChI=1S/C20H26N2O4/c1-22(2)16-8-6-15(7-9-16)17(23)13-21-20(24)12-14-5-10-18(25-3)19(11-14)26-4/h5-11,17,23H,12-13H2,1-4H3,(H,21,24). The number of methoxy groups -OCH3 is 2. The Balaban J connectivity index is 1.90. The molecule has 0 aliphatic rings. The van der Waals surface area contributed by atoms with Gasteiger partial charge in [-0.3, -0.25) is 4.79 Å². The van der Waals surface area contributed by atoms with Gasteiger partial charge in [-0.25, -0.2) is 0 Å². The van der Waals surface area contributed by atoms with Crippen LogP contribution in [0.1, 0.15) is 17.2 Å². The number of nitrogens with zero attached hydrogens (tertiary/aromatic N) is 1. The number of anilines is 1. The van der Waals surface area contributed by atoms with Gasteiger partial charge in [0, 0.05) is 26.3 Å². The minimum absolute atomic E-state index is 0.160. The van der Waals surface area contributed by atoms with Crippen LogP contribution in [-0.2, 0) is 11.2 Å². The van der Waals surface area contributed by atoms with E-state index < -0.39 is 6.10 Å². The van der Waals surface area contributed by atoms with Gasteiger partial charge in [-0.15, -0.1) is 0 Å². The molecular formula is C20H26N2O4. The molecule has 2 rings (SSSR count). The minimum Gasteiger partial charge on any atom is -0.493 e. The normalized spacial score (nSPS) is 11.6. The quantitative estimate of drug-likeness (QED) is 0.757. The Bertz CT molecular complexity index is 729. The average Bonchev–Trinajstić information content (AvgIpc) is 2.66. The van der Waals surface area contributed by atoms with Crippen molar-refractivity contribution in [2.45, 2.75) is 12.5 Å². The first kappa shape index (κ1) is 19.6. The first-order valence-corrected chi connectivity index (χ1v) is 8.37. The van der Waals surface area contributed by atoms with E-state index in [2.05, 4.69) is 5.32 Å². The molecular weight excluding hydrogens is 332 g/mol. The molecule has 140 valence electrons. The van der Waals surface area contributed by atoms with Gasteiger partial charge in [0.1, 0.15) is 0 Å². The van der Waals surface area contributed by atoms with E-state index in [9.17, 15) is 9.90 Å². The highest BCUT2D eigenvalue weighted by Gasteiger charge is 2.12. The molecule has 0 heterocycles. The SMILES string of the molecule is COc1ccc(CC(=O)NCC(O)c2ccc(N(C)C)cc2)cc1OC. The monoisotopic (exact) mass is 358 g/mol. The van der Waals surface area contributed by atoms with Crippen molar-refractivity contribution in [3.63, 3.8) is 0 Å². The number of ether oxygens (including phenoxy) is 2. The highest BCUT2D eigenvalue weighted by atomic mass is 16.5. The Kier molecular flexibility index (Phi) is 6.86. The van der Waals surface area contributed by atoms with Crippen LogP contribution in [0.25, 0.3) is 0 Å². The molecule has 0 spiro atoms. The zero-order chi connectivity index (χ0) is 19.1. The summed E-state index contributed by atoms with van der Waals surface area (Å²) in [4.78, 5) is 14.1. The summed E-state index contributed by atoms with van der Waals surface area (Å²) in [6.07, 6.45) is -0.548. The number of carbonyl (C=O) groups is 1. The Labute approximate surface area is 154 Å². The number of amides is 1. The van der Waals surface area contributed by atoms with Crippen molar-refractivity contribution in [3.8, 4) is 11.5 Å². The summed E-state index contributed by atoms with van der Waals surface area (Å²) < 4.78 is 10.4. The van der Waals surface area contributed by atoms with E-state index in [-0.39, 0.29) is 18.9 Å². The van der Waals surface area contributed by atoms with Crippen molar-refractivity contribution in [1.29, 1.82) is 0 Å². The van der Waals surface area contributed by atoms with Crippen molar-refractivity contribution in [2.24, 2.45) is 0 Å². The molecule has 1 atom stereocenters. The van der Waals surface area contributed by atoms with Crippen molar-refractivity contribution in [1.82, 2.24) is 5.32 Å². The maximum absolute atomic E-state index is 12.1. The van der Waals surface area contributed by atoms with E-state index >= 15 is 0 Å². The molecule has 0 bridgehead atoms. The maximum Gasteiger partial charge on any atom is 0.224 e. The van der Waals surface area contributed by atoms with Crippen molar-refractivity contribution in [2.75, 3.05) is 39.8 Å². The summed E-state index contributed by atoms with van der Waals surface area (Å²) in [5.41, 5.74) is 2.63. The Morgan fingerprint density at radius 3 is 2.31 bits per heavy atom. The summed E-state index contributed by atoms with van der Waals surface area (Å²) in [6.45, 7) is 0.160. The molecule has 0 aromatic heterocycles. The highest BCUT2D eigenvalue weighted by Crippen LogP contribution is 2.27. The molecule has 0 radical (unpaired) electrons. The number of benzene rings is 2. The molecule has 0 fully saturated rings. The number of nitrogens with one attached hydrogen (secondary N) is 1. The minimum atomic E-state index is -0.749. The third-order valence-electron chi connectivity index (χ3n) is 4.10. The van der Waals surface area contributed by atoms with Gasteiger partial charge in [-0.1, -0.05) is 18.2 Å². The lowest BCUT2D eigenvalue weighted by Gasteiger charge is -2.16. The van der Waals surface area contributed by atoms with E-state index in [4.69, 9.17) is 9.47 Å². The lowest BCUT2D eigenvalue weighted by atomic mass is 10.1. The molecule has 0 aliphatic heterocycles. The van der Waals surface area contributed by atoms with Gasteiger partial charge in [0.25, 0.3) is 0 Å². The van der Waals surface area contributed by atoms with Crippen molar-refractivity contribution in [3.05, 3.63) is 53.6 Å². The third kappa shape index (κ3) is 5.13. The summed E-state index contributed by atoms with van der Waals surface area (Å²) in [5, 5.41) is 13.0. The second kappa shape index (κ2) is 9.10. The van der Waals surface area contributed by atoms with Gasteiger partial charge in [0.2, 0.25) is 5.91 Å². The third-order valence-corrected chi connectivity index (χ3v) is 4.10. The lowest BCUT2D eigenvalue weighted by molar-refractivity contribution is -0.120. The van der Waals surface area contributed by atoms with Gasteiger partial charge in [-0.2, -0.15) is 0 Å². The second-order valence-electron chi connectivity index (χ2n) is 6.17. The smallest absolute Gasteiger partial charge is 0.224 e. The number of aliphatic hydroxyl groups is 1. The summed E-state index contributed by atoms with van der Waals surface area (Å²) in [6, 6.07) is 12.9. The van der Waals surface area contributed by atoms with E-state index in [1.54, 1.807) is 26.4 Å². The number of aliphatic hydroxyl groups excluding tert-OH is 1. The number of carbonyl (C=O) groups excluding carboxylic acids is 1. The molecule has 6 heteroatoms. The molecule has 2 N–H and O–H groups in total. The summed E-state index contributed by atoms with van der Waals surface area (Å²) >= 11 is 0. The molecule has 1 amide bonds. The van der Waals surface area contributed by atoms with E-state index in [0.29, 0.717) is 11.5 Å². The number of hydrogen-bond donors (Lipinski definition) is 2. The van der Waals surface area contributed by atoms with Gasteiger partial charge in [-0.05, 0) is 35.4 Å². The molecule has 2 aromatic carbocycles. The Morgan fingerprint density at radius 2 is 1.73 bits per heavy atom. The van der Waals surface area contributed by atoms with Gasteiger partial charge < -0.3 is 24.8 Å². The second-order valence-corrected chi connectivity index (χ2v) is 6.17. The molecule has 0 saturated heterocycles. The fraction of sp³-hybridized carbons (Fsp3) is 0.350. The van der Waals surface area contributed by atoms with Gasteiger partial charge in [0.15, 0.2) is 11.5 Å². The van der Waals surface area contributed by atoms with Crippen LogP contribution >= 0.6 is 0 Å². The predicted molar refractivity (Wildman–Crippen MR) is 102 cm³/mol. The van der Waals surface area contributed by atoms with E-state index in [1.165, 1.54) is 0 Å². The zero-order valence-corrected chi connectivity index (χ0v) is 15.7. The molecule has 1 unspecified atom stereocenters. The molecule has 0 aliphatic carbocycles. The fourth-order valence-electron chi connectivity index (χ4n) is 2.56. The fourth-order valence-corrected chi connectivity index (χ4v) is 2.56. The Morgan fingerprint density at radius 1 is 1.08 bits per heavy atom. The number of hydrogen-bond acceptors (Lipinski definition) is 5. The van der Waals surface area contributed by atoms with E-state index in [1.807, 2.05) is 49.3 Å². The lowest BCUT2D eigenvalue weighted by Crippen LogP contribution is -2.29. The predicted octanol–water partition coefficient (Wildman–Crippen LogP) is 2.16. The average molecular weight is 358 g/mol. The van der Waals surface area contributed by atoms with Crippen molar-refractivity contribution >= 4 is 11.6 Å². The summed E-state index contributed by atoms with van der Waals surface area (Å²) in [5.74, 6) is 1.04. The first-order chi connectivity index (χ1) is 12.4. The van der Waals surface area contributed by atoms with Crippen LogP contribution < -0.4 is 19.7 Å². The highest BCUT2D eigenvalue weighted by molar-refractivity contribution is 5.78. The van der Waals surface area contributed by atoms with Crippen LogP contribution in [0.3, 0.4) is 0 Å². The molecule has 2 aromatic rings. The largest absolute Gasteiger partial charge is 0.493 e. The van der Waals surface area contributed by atoms with Crippen LogP contribution in [0.2, 0.25) is 0 Å². The Hall–Kier alpha value is -2.73. The summed E-state index contributed by atoms with van der Waals surface area (Å²) in [7, 11) is 7.04. The van der Waals surface area contributed by atoms with Gasteiger partial charge >= 0.3 is 0 Å². The maximum atomic E-state index is 12.1. The molecule has 26 heavy (non-hydrogen) atoms. The first-order valence-electron chi connectivity index (χ1n) is 8.37. The molecule has 0 saturated carbocycles. The number of rotatable bonds is 8. The van der Waals surface area contributed by atoms with Crippen LogP contribution in [0.5, 0.6) is 11.5 Å². The van der Waals surface area contributed by atoms with Crippen LogP contribution in [0.4, 0.5) is 5.69 Å². The van der Waals surface area contributed by atoms with Crippen LogP contribution in [0, 0.1) is 0 Å². The zero-order valence-electron chi connectivity index (χ0n) is 15.7. The van der Waals surface area contributed by atoms with Crippen molar-refractivity contribution < 1.29 is 19.4 Å².